The fourth-order valence-electron chi connectivity index (χ4n) is 2.57. The molecule has 3 rings (SSSR count). The number of carbonyl (C=O) groups is 1. The van der Waals surface area contributed by atoms with E-state index < -0.39 is 0 Å². The van der Waals surface area contributed by atoms with Gasteiger partial charge in [-0.2, -0.15) is 5.10 Å². The van der Waals surface area contributed by atoms with Crippen molar-refractivity contribution in [1.29, 1.82) is 0 Å². The molecular formula is C21H22N4O3S. The van der Waals surface area contributed by atoms with E-state index in [-0.39, 0.29) is 5.91 Å². The van der Waals surface area contributed by atoms with Crippen molar-refractivity contribution in [2.24, 2.45) is 5.10 Å². The van der Waals surface area contributed by atoms with Gasteiger partial charge in [0.25, 0.3) is 5.91 Å². The number of nitrogen functional groups attached to an aromatic ring is 1. The maximum Gasteiger partial charge on any atom is 0.283 e. The molecule has 0 aliphatic carbocycles. The summed E-state index contributed by atoms with van der Waals surface area (Å²) in [4.78, 5) is 16.6. The fraction of sp³-hybridized carbons (Fsp3) is 0.190. The molecule has 0 saturated carbocycles. The first-order valence-electron chi connectivity index (χ1n) is 8.89. The zero-order chi connectivity index (χ0) is 20.8. The van der Waals surface area contributed by atoms with Gasteiger partial charge in [0.05, 0.1) is 19.0 Å². The molecule has 1 heterocycles. The average molecular weight is 410 g/mol. The number of ether oxygens (including phenoxy) is 2. The lowest BCUT2D eigenvalue weighted by Crippen LogP contribution is -2.17. The summed E-state index contributed by atoms with van der Waals surface area (Å²) in [6, 6.07) is 13.6. The van der Waals surface area contributed by atoms with E-state index in [0.717, 1.165) is 22.5 Å². The van der Waals surface area contributed by atoms with Crippen molar-refractivity contribution in [2.45, 2.75) is 20.5 Å². The Hall–Kier alpha value is -3.39. The SMILES string of the molecule is COc1cc(/C=N\NC(=O)c2sc(N)nc2C)ccc1OCc1ccc(C)cc1. The highest BCUT2D eigenvalue weighted by molar-refractivity contribution is 7.17. The summed E-state index contributed by atoms with van der Waals surface area (Å²) >= 11 is 1.13. The van der Waals surface area contributed by atoms with Crippen LogP contribution in [0.25, 0.3) is 0 Å². The van der Waals surface area contributed by atoms with Crippen LogP contribution >= 0.6 is 11.3 Å². The first-order chi connectivity index (χ1) is 14.0. The zero-order valence-corrected chi connectivity index (χ0v) is 17.2. The molecule has 7 nitrogen and oxygen atoms in total. The average Bonchev–Trinajstić information content (AvgIpc) is 3.06. The largest absolute Gasteiger partial charge is 0.493 e. The topological polar surface area (TPSA) is 98.8 Å². The Morgan fingerprint density at radius 2 is 1.97 bits per heavy atom. The molecule has 1 amide bonds. The van der Waals surface area contributed by atoms with E-state index >= 15 is 0 Å². The van der Waals surface area contributed by atoms with E-state index in [9.17, 15) is 4.79 Å². The Morgan fingerprint density at radius 1 is 1.21 bits per heavy atom. The lowest BCUT2D eigenvalue weighted by Gasteiger charge is -2.11. The number of aromatic nitrogens is 1. The molecule has 1 aromatic heterocycles. The van der Waals surface area contributed by atoms with Crippen molar-refractivity contribution in [1.82, 2.24) is 10.4 Å². The van der Waals surface area contributed by atoms with Crippen molar-refractivity contribution in [3.63, 3.8) is 0 Å². The Morgan fingerprint density at radius 3 is 2.62 bits per heavy atom. The number of thiazole rings is 1. The number of carbonyl (C=O) groups excluding carboxylic acids is 1. The van der Waals surface area contributed by atoms with Crippen LogP contribution in [0.5, 0.6) is 11.5 Å². The highest BCUT2D eigenvalue weighted by atomic mass is 32.1. The van der Waals surface area contributed by atoms with E-state index in [2.05, 4.69) is 15.5 Å². The molecule has 0 saturated heterocycles. The number of anilines is 1. The minimum atomic E-state index is -0.349. The van der Waals surface area contributed by atoms with Gasteiger partial charge >= 0.3 is 0 Å². The third kappa shape index (κ3) is 5.32. The van der Waals surface area contributed by atoms with Crippen LogP contribution in [0.2, 0.25) is 0 Å². The summed E-state index contributed by atoms with van der Waals surface area (Å²) in [5.74, 6) is 0.862. The molecule has 0 bridgehead atoms. The smallest absolute Gasteiger partial charge is 0.283 e. The highest BCUT2D eigenvalue weighted by Crippen LogP contribution is 2.28. The molecule has 0 spiro atoms. The molecule has 0 aliphatic heterocycles. The van der Waals surface area contributed by atoms with Crippen LogP contribution in [0.15, 0.2) is 47.6 Å². The minimum absolute atomic E-state index is 0.349. The number of nitrogens with zero attached hydrogens (tertiary/aromatic N) is 2. The van der Waals surface area contributed by atoms with Gasteiger partial charge in [0.1, 0.15) is 11.5 Å². The summed E-state index contributed by atoms with van der Waals surface area (Å²) < 4.78 is 11.3. The number of nitrogens with two attached hydrogens (primary N) is 1. The normalized spacial score (nSPS) is 10.9. The van der Waals surface area contributed by atoms with Crippen molar-refractivity contribution in [3.8, 4) is 11.5 Å². The molecule has 0 unspecified atom stereocenters. The summed E-state index contributed by atoms with van der Waals surface area (Å²) in [5, 5.41) is 4.34. The third-order valence-electron chi connectivity index (χ3n) is 4.10. The molecule has 3 N–H and O–H groups in total. The number of hydrogen-bond donors (Lipinski definition) is 2. The summed E-state index contributed by atoms with van der Waals surface area (Å²) in [6.07, 6.45) is 1.53. The highest BCUT2D eigenvalue weighted by Gasteiger charge is 2.13. The minimum Gasteiger partial charge on any atom is -0.493 e. The number of nitrogens with one attached hydrogen (secondary N) is 1. The van der Waals surface area contributed by atoms with Gasteiger partial charge < -0.3 is 15.2 Å². The summed E-state index contributed by atoms with van der Waals surface area (Å²) in [7, 11) is 1.58. The van der Waals surface area contributed by atoms with Crippen molar-refractivity contribution >= 4 is 28.6 Å². The quantitative estimate of drug-likeness (QED) is 0.457. The molecule has 8 heteroatoms. The van der Waals surface area contributed by atoms with E-state index in [1.807, 2.05) is 43.3 Å². The molecule has 2 aromatic carbocycles. The van der Waals surface area contributed by atoms with Gasteiger partial charge in [0.2, 0.25) is 0 Å². The van der Waals surface area contributed by atoms with Crippen LogP contribution in [0.4, 0.5) is 5.13 Å². The van der Waals surface area contributed by atoms with Gasteiger partial charge in [-0.1, -0.05) is 41.2 Å². The van der Waals surface area contributed by atoms with Gasteiger partial charge in [-0.15, -0.1) is 0 Å². The molecule has 150 valence electrons. The molecule has 0 fully saturated rings. The predicted molar refractivity (Wildman–Crippen MR) is 115 cm³/mol. The van der Waals surface area contributed by atoms with Crippen LogP contribution in [0.1, 0.15) is 32.1 Å². The second-order valence-corrected chi connectivity index (χ2v) is 7.38. The molecule has 29 heavy (non-hydrogen) atoms. The number of methoxy groups -OCH3 is 1. The van der Waals surface area contributed by atoms with E-state index in [1.54, 1.807) is 20.1 Å². The van der Waals surface area contributed by atoms with Crippen LogP contribution in [-0.2, 0) is 6.61 Å². The second kappa shape index (κ2) is 9.20. The molecular weight excluding hydrogens is 388 g/mol. The predicted octanol–water partition coefficient (Wildman–Crippen LogP) is 3.69. The Kier molecular flexibility index (Phi) is 6.46. The molecule has 0 aliphatic rings. The number of benzene rings is 2. The number of rotatable bonds is 7. The van der Waals surface area contributed by atoms with Crippen LogP contribution in [-0.4, -0.2) is 24.2 Å². The zero-order valence-electron chi connectivity index (χ0n) is 16.4. The van der Waals surface area contributed by atoms with Crippen molar-refractivity contribution < 1.29 is 14.3 Å². The molecule has 0 radical (unpaired) electrons. The van der Waals surface area contributed by atoms with Gasteiger partial charge in [-0.3, -0.25) is 4.79 Å². The Balaban J connectivity index is 1.63. The maximum atomic E-state index is 12.1. The van der Waals surface area contributed by atoms with Gasteiger partial charge in [0.15, 0.2) is 16.6 Å². The van der Waals surface area contributed by atoms with E-state index in [4.69, 9.17) is 15.2 Å². The number of amides is 1. The first kappa shape index (κ1) is 20.3. The lowest BCUT2D eigenvalue weighted by molar-refractivity contribution is 0.0958. The third-order valence-corrected chi connectivity index (χ3v) is 5.09. The van der Waals surface area contributed by atoms with Gasteiger partial charge in [-0.25, -0.2) is 10.4 Å². The first-order valence-corrected chi connectivity index (χ1v) is 9.70. The maximum absolute atomic E-state index is 12.1. The van der Waals surface area contributed by atoms with Crippen LogP contribution in [0, 0.1) is 13.8 Å². The Labute approximate surface area is 173 Å². The standard InChI is InChI=1S/C21H22N4O3S/c1-13-4-6-15(7-5-13)12-28-17-9-8-16(10-18(17)27-3)11-23-25-20(26)19-14(2)24-21(22)29-19/h4-11H,12H2,1-3H3,(H2,22,24)(H,25,26)/b23-11-. The molecule has 0 atom stereocenters. The van der Waals surface area contributed by atoms with Crippen LogP contribution < -0.4 is 20.6 Å². The fourth-order valence-corrected chi connectivity index (χ4v) is 3.30. The van der Waals surface area contributed by atoms with Crippen LogP contribution in [0.3, 0.4) is 0 Å². The van der Waals surface area contributed by atoms with Gasteiger partial charge in [0, 0.05) is 0 Å². The lowest BCUT2D eigenvalue weighted by atomic mass is 10.2. The van der Waals surface area contributed by atoms with Crippen molar-refractivity contribution in [2.75, 3.05) is 12.8 Å². The van der Waals surface area contributed by atoms with E-state index in [0.29, 0.717) is 33.8 Å². The summed E-state index contributed by atoms with van der Waals surface area (Å²) in [6.45, 7) is 4.22. The van der Waals surface area contributed by atoms with E-state index in [1.165, 1.54) is 11.8 Å². The second-order valence-electron chi connectivity index (χ2n) is 6.35. The number of hydrogen-bond acceptors (Lipinski definition) is 7. The monoisotopic (exact) mass is 410 g/mol. The number of hydrazone groups is 1. The van der Waals surface area contributed by atoms with Crippen molar-refractivity contribution in [3.05, 3.63) is 69.7 Å². The number of aryl methyl sites for hydroxylation is 2. The van der Waals surface area contributed by atoms with Gasteiger partial charge in [-0.05, 0) is 43.2 Å². The molecule has 3 aromatic rings. The summed E-state index contributed by atoms with van der Waals surface area (Å²) in [5.41, 5.74) is 11.7. The Bertz CT molecular complexity index is 1030.